The zero-order valence-corrected chi connectivity index (χ0v) is 12.5. The van der Waals surface area contributed by atoms with E-state index in [1.165, 1.54) is 12.1 Å². The molecule has 0 radical (unpaired) electrons. The first-order valence-electron chi connectivity index (χ1n) is 6.92. The summed E-state index contributed by atoms with van der Waals surface area (Å²) >= 11 is 0. The Balaban J connectivity index is 1.85. The highest BCUT2D eigenvalue weighted by molar-refractivity contribution is 5.83. The van der Waals surface area contributed by atoms with Crippen molar-refractivity contribution in [3.8, 4) is 5.75 Å². The number of aryl methyl sites for hydroxylation is 2. The monoisotopic (exact) mass is 313 g/mol. The van der Waals surface area contributed by atoms with Gasteiger partial charge in [0.15, 0.2) is 0 Å². The van der Waals surface area contributed by atoms with Gasteiger partial charge in [-0.2, -0.15) is 0 Å². The molecule has 2 heterocycles. The van der Waals surface area contributed by atoms with Gasteiger partial charge in [-0.15, -0.1) is 0 Å². The quantitative estimate of drug-likeness (QED) is 0.683. The molecule has 118 valence electrons. The number of aromatic carboxylic acids is 1. The van der Waals surface area contributed by atoms with Crippen LogP contribution >= 0.6 is 0 Å². The van der Waals surface area contributed by atoms with Crippen LogP contribution in [0.1, 0.15) is 27.4 Å². The Hall–Kier alpha value is -3.02. The number of hydrogen-bond donors (Lipinski definition) is 0. The van der Waals surface area contributed by atoms with Crippen molar-refractivity contribution in [1.29, 1.82) is 0 Å². The van der Waals surface area contributed by atoms with Crippen molar-refractivity contribution in [2.24, 2.45) is 0 Å². The van der Waals surface area contributed by atoms with Crippen LogP contribution in [0.15, 0.2) is 44.0 Å². The average molecular weight is 313 g/mol. The summed E-state index contributed by atoms with van der Waals surface area (Å²) in [7, 11) is 0. The fraction of sp³-hybridized carbons (Fsp3) is 0.176. The molecule has 0 N–H and O–H groups in total. The van der Waals surface area contributed by atoms with Gasteiger partial charge >= 0.3 is 5.63 Å². The summed E-state index contributed by atoms with van der Waals surface area (Å²) in [5, 5.41) is 11.6. The van der Waals surface area contributed by atoms with Gasteiger partial charge in [-0.25, -0.2) is 4.79 Å². The normalized spacial score (nSPS) is 10.9. The van der Waals surface area contributed by atoms with E-state index < -0.39 is 11.6 Å². The lowest BCUT2D eigenvalue weighted by molar-refractivity contribution is -0.257. The van der Waals surface area contributed by atoms with E-state index in [0.29, 0.717) is 22.7 Å². The molecule has 0 saturated heterocycles. The van der Waals surface area contributed by atoms with E-state index in [1.807, 2.05) is 6.92 Å². The van der Waals surface area contributed by atoms with E-state index >= 15 is 0 Å². The van der Waals surface area contributed by atoms with Crippen LogP contribution in [-0.2, 0) is 6.61 Å². The molecule has 0 bridgehead atoms. The van der Waals surface area contributed by atoms with Gasteiger partial charge in [0.2, 0.25) is 0 Å². The van der Waals surface area contributed by atoms with Gasteiger partial charge in [-0.05, 0) is 37.6 Å². The molecule has 0 aliphatic heterocycles. The molecule has 0 aliphatic rings. The highest BCUT2D eigenvalue weighted by Gasteiger charge is 2.10. The third kappa shape index (κ3) is 2.96. The Kier molecular flexibility index (Phi) is 3.65. The van der Waals surface area contributed by atoms with Gasteiger partial charge in [0.1, 0.15) is 35.4 Å². The predicted octanol–water partition coefficient (Wildman–Crippen LogP) is 1.95. The van der Waals surface area contributed by atoms with Crippen molar-refractivity contribution in [1.82, 2.24) is 0 Å². The number of hydrogen-bond acceptors (Lipinski definition) is 6. The number of carboxylic acid groups (broad SMARTS) is 1. The van der Waals surface area contributed by atoms with Gasteiger partial charge in [0.25, 0.3) is 0 Å². The molecule has 23 heavy (non-hydrogen) atoms. The maximum absolute atomic E-state index is 11.4. The van der Waals surface area contributed by atoms with Crippen LogP contribution in [0.2, 0.25) is 0 Å². The molecule has 0 fully saturated rings. The molecular formula is C17H13O6-. The molecule has 2 aromatic heterocycles. The number of benzene rings is 1. The number of ether oxygens (including phenoxy) is 1. The smallest absolute Gasteiger partial charge is 0.336 e. The molecule has 1 aromatic carbocycles. The van der Waals surface area contributed by atoms with Gasteiger partial charge < -0.3 is 23.5 Å². The molecule has 3 aromatic rings. The molecule has 6 heteroatoms. The lowest BCUT2D eigenvalue weighted by Crippen LogP contribution is -2.21. The van der Waals surface area contributed by atoms with Crippen molar-refractivity contribution in [2.45, 2.75) is 20.5 Å². The van der Waals surface area contributed by atoms with Crippen LogP contribution in [0.25, 0.3) is 11.0 Å². The lowest BCUT2D eigenvalue weighted by Gasteiger charge is -2.07. The number of furan rings is 1. The van der Waals surface area contributed by atoms with Crippen LogP contribution in [0, 0.1) is 13.8 Å². The van der Waals surface area contributed by atoms with Crippen LogP contribution in [0.4, 0.5) is 0 Å². The fourth-order valence-electron chi connectivity index (χ4n) is 2.32. The summed E-state index contributed by atoms with van der Waals surface area (Å²) in [6, 6.07) is 7.98. The number of carbonyl (C=O) groups excluding carboxylic acids is 1. The van der Waals surface area contributed by atoms with Gasteiger partial charge in [0, 0.05) is 23.1 Å². The molecule has 6 nitrogen and oxygen atoms in total. The second kappa shape index (κ2) is 5.64. The Morgan fingerprint density at radius 2 is 1.96 bits per heavy atom. The standard InChI is InChI=1S/C17H14O6/c1-9-5-16(18)23-14-7-12(3-4-13(9)14)21-8-11-6-15(17(19)20)22-10(11)2/h3-7H,8H2,1-2H3,(H,19,20)/p-1. The van der Waals surface area contributed by atoms with E-state index in [9.17, 15) is 14.7 Å². The number of carbonyl (C=O) groups is 1. The van der Waals surface area contributed by atoms with Crippen molar-refractivity contribution in [3.05, 3.63) is 63.4 Å². The number of fused-ring (bicyclic) bond motifs is 1. The maximum Gasteiger partial charge on any atom is 0.336 e. The minimum Gasteiger partial charge on any atom is -0.542 e. The highest BCUT2D eigenvalue weighted by Crippen LogP contribution is 2.24. The van der Waals surface area contributed by atoms with Crippen LogP contribution in [0.3, 0.4) is 0 Å². The molecule has 0 amide bonds. The molecule has 0 aliphatic carbocycles. The number of carboxylic acids is 1. The highest BCUT2D eigenvalue weighted by atomic mass is 16.5. The molecule has 0 saturated carbocycles. The minimum atomic E-state index is -1.37. The van der Waals surface area contributed by atoms with Gasteiger partial charge in [0.05, 0.1) is 0 Å². The van der Waals surface area contributed by atoms with E-state index in [1.54, 1.807) is 25.1 Å². The first-order chi connectivity index (χ1) is 10.9. The van der Waals surface area contributed by atoms with E-state index in [2.05, 4.69) is 0 Å². The Morgan fingerprint density at radius 3 is 2.65 bits per heavy atom. The van der Waals surface area contributed by atoms with Crippen LogP contribution < -0.4 is 15.5 Å². The Morgan fingerprint density at radius 1 is 1.17 bits per heavy atom. The topological polar surface area (TPSA) is 92.7 Å². The molecule has 0 atom stereocenters. The second-order valence-electron chi connectivity index (χ2n) is 5.17. The lowest BCUT2D eigenvalue weighted by atomic mass is 10.1. The third-order valence-electron chi connectivity index (χ3n) is 3.54. The number of rotatable bonds is 4. The van der Waals surface area contributed by atoms with E-state index in [0.717, 1.165) is 10.9 Å². The zero-order valence-electron chi connectivity index (χ0n) is 12.5. The first-order valence-corrected chi connectivity index (χ1v) is 6.92. The zero-order chi connectivity index (χ0) is 16.6. The Bertz CT molecular complexity index is 947. The molecular weight excluding hydrogens is 300 g/mol. The summed E-state index contributed by atoms with van der Waals surface area (Å²) in [6.45, 7) is 3.61. The maximum atomic E-state index is 11.4. The predicted molar refractivity (Wildman–Crippen MR) is 79.3 cm³/mol. The summed E-state index contributed by atoms with van der Waals surface area (Å²) in [5.74, 6) is -0.655. The molecule has 0 spiro atoms. The van der Waals surface area contributed by atoms with Crippen LogP contribution in [0.5, 0.6) is 5.75 Å². The van der Waals surface area contributed by atoms with Crippen LogP contribution in [-0.4, -0.2) is 5.97 Å². The minimum absolute atomic E-state index is 0.129. The third-order valence-corrected chi connectivity index (χ3v) is 3.54. The van der Waals surface area contributed by atoms with Crippen molar-refractivity contribution >= 4 is 16.9 Å². The SMILES string of the molecule is Cc1oc(C(=O)[O-])cc1COc1ccc2c(C)cc(=O)oc2c1. The first kappa shape index (κ1) is 14.9. The van der Waals surface area contributed by atoms with Gasteiger partial charge in [-0.1, -0.05) is 0 Å². The second-order valence-corrected chi connectivity index (χ2v) is 5.17. The fourth-order valence-corrected chi connectivity index (χ4v) is 2.32. The van der Waals surface area contributed by atoms with Crippen molar-refractivity contribution in [2.75, 3.05) is 0 Å². The Labute approximate surface area is 130 Å². The molecule has 3 rings (SSSR count). The van der Waals surface area contributed by atoms with Gasteiger partial charge in [-0.3, -0.25) is 0 Å². The largest absolute Gasteiger partial charge is 0.542 e. The average Bonchev–Trinajstić information content (AvgIpc) is 2.86. The van der Waals surface area contributed by atoms with Crippen molar-refractivity contribution < 1.29 is 23.5 Å². The molecule has 0 unspecified atom stereocenters. The van der Waals surface area contributed by atoms with E-state index in [4.69, 9.17) is 13.6 Å². The summed E-state index contributed by atoms with van der Waals surface area (Å²) in [5.41, 5.74) is 1.45. The summed E-state index contributed by atoms with van der Waals surface area (Å²) in [4.78, 5) is 22.2. The van der Waals surface area contributed by atoms with Crippen molar-refractivity contribution in [3.63, 3.8) is 0 Å². The summed E-state index contributed by atoms with van der Waals surface area (Å²) < 4.78 is 15.8. The summed E-state index contributed by atoms with van der Waals surface area (Å²) in [6.07, 6.45) is 0. The van der Waals surface area contributed by atoms with E-state index in [-0.39, 0.29) is 12.4 Å².